The second-order valence-electron chi connectivity index (χ2n) is 7.77. The number of fused-ring (bicyclic) bond motifs is 1. The van der Waals surface area contributed by atoms with E-state index in [4.69, 9.17) is 11.3 Å². The largest absolute Gasteiger partial charge is 0.379 e. The molecule has 1 aliphatic heterocycles. The van der Waals surface area contributed by atoms with Crippen molar-refractivity contribution in [3.8, 4) is 0 Å². The number of aromatic nitrogens is 2. The van der Waals surface area contributed by atoms with Crippen molar-refractivity contribution in [2.45, 2.75) is 63.6 Å². The monoisotopic (exact) mass is 404 g/mol. The molecule has 6 nitrogen and oxygen atoms in total. The van der Waals surface area contributed by atoms with Gasteiger partial charge in [0.15, 0.2) is 5.69 Å². The average molecular weight is 405 g/mol. The highest BCUT2D eigenvalue weighted by molar-refractivity contribution is 5.85. The molecule has 0 bridgehead atoms. The number of benzene rings is 1. The molecule has 0 unspecified atom stereocenters. The van der Waals surface area contributed by atoms with Crippen molar-refractivity contribution in [2.24, 2.45) is 0 Å². The van der Waals surface area contributed by atoms with Gasteiger partial charge in [0, 0.05) is 31.8 Å². The number of hydrogen-bond donors (Lipinski definition) is 1. The molecule has 1 aromatic carbocycles. The van der Waals surface area contributed by atoms with Crippen molar-refractivity contribution < 1.29 is 4.74 Å². The number of rotatable bonds is 4. The lowest BCUT2D eigenvalue weighted by Gasteiger charge is -2.41. The molecule has 0 atom stereocenters. The number of piperidine rings is 1. The third-order valence-electron chi connectivity index (χ3n) is 6.26. The van der Waals surface area contributed by atoms with Crippen LogP contribution in [0.4, 0.5) is 5.69 Å². The van der Waals surface area contributed by atoms with Crippen molar-refractivity contribution in [3.05, 3.63) is 40.1 Å². The number of ether oxygens (including phenoxy) is 1. The van der Waals surface area contributed by atoms with Gasteiger partial charge in [-0.05, 0) is 57.6 Å². The zero-order chi connectivity index (χ0) is 18.8. The maximum absolute atomic E-state index is 12.5. The van der Waals surface area contributed by atoms with Crippen LogP contribution in [0, 0.1) is 6.57 Å². The molecule has 1 aliphatic carbocycles. The van der Waals surface area contributed by atoms with E-state index >= 15 is 0 Å². The van der Waals surface area contributed by atoms with Gasteiger partial charge in [0.05, 0.1) is 23.7 Å². The molecule has 0 spiro atoms. The number of likely N-dealkylation sites (tertiary alicyclic amines) is 1. The molecule has 0 amide bonds. The summed E-state index contributed by atoms with van der Waals surface area (Å²) in [5.41, 5.74) is 2.22. The number of aromatic amines is 1. The lowest BCUT2D eigenvalue weighted by atomic mass is 9.90. The summed E-state index contributed by atoms with van der Waals surface area (Å²) < 4.78 is 7.66. The molecule has 2 fully saturated rings. The van der Waals surface area contributed by atoms with Crippen LogP contribution in [0.15, 0.2) is 23.0 Å². The summed E-state index contributed by atoms with van der Waals surface area (Å²) in [7, 11) is 0. The zero-order valence-corrected chi connectivity index (χ0v) is 17.2. The fourth-order valence-electron chi connectivity index (χ4n) is 4.86. The summed E-state index contributed by atoms with van der Waals surface area (Å²) in [4.78, 5) is 21.6. The Morgan fingerprint density at radius 1 is 1.14 bits per heavy atom. The van der Waals surface area contributed by atoms with Gasteiger partial charge in [0.2, 0.25) is 0 Å². The Morgan fingerprint density at radius 2 is 1.86 bits per heavy atom. The van der Waals surface area contributed by atoms with Gasteiger partial charge in [-0.15, -0.1) is 12.4 Å². The summed E-state index contributed by atoms with van der Waals surface area (Å²) in [6.45, 7) is 12.2. The second-order valence-corrected chi connectivity index (χ2v) is 7.77. The van der Waals surface area contributed by atoms with E-state index in [0.29, 0.717) is 17.8 Å². The Bertz CT molecular complexity index is 884. The van der Waals surface area contributed by atoms with Gasteiger partial charge in [0.25, 0.3) is 0 Å². The van der Waals surface area contributed by atoms with Crippen LogP contribution in [0.5, 0.6) is 0 Å². The van der Waals surface area contributed by atoms with Crippen LogP contribution < -0.4 is 5.69 Å². The maximum Gasteiger partial charge on any atom is 0.326 e. The number of H-pyrrole nitrogens is 1. The maximum atomic E-state index is 12.5. The molecule has 1 saturated heterocycles. The standard InChI is InChI=1S/C21H28N4O2.ClH/c1-3-27-18-7-5-16(6-8-18)24-12-10-17(11-13-24)25-20-14-15(22-2)4-9-19(20)23-21(25)26;/h4,9,14,16-18H,3,5-8,10-13H2,1H3,(H,23,26);1H. The van der Waals surface area contributed by atoms with Crippen LogP contribution in [-0.2, 0) is 4.74 Å². The molecule has 152 valence electrons. The van der Waals surface area contributed by atoms with E-state index in [0.717, 1.165) is 43.6 Å². The Balaban J connectivity index is 0.00000225. The van der Waals surface area contributed by atoms with Crippen LogP contribution in [0.1, 0.15) is 51.5 Å². The Morgan fingerprint density at radius 3 is 2.50 bits per heavy atom. The number of nitrogens with one attached hydrogen (secondary N) is 1. The van der Waals surface area contributed by atoms with Gasteiger partial charge in [-0.2, -0.15) is 0 Å². The fraction of sp³-hybridized carbons (Fsp3) is 0.619. The molecule has 1 saturated carbocycles. The SMILES string of the molecule is Cl.[C-]#[N+]c1ccc2[nH]c(=O)n(C3CCN(C4CCC(OCC)CC4)CC3)c2c1. The average Bonchev–Trinajstić information content (AvgIpc) is 3.04. The third kappa shape index (κ3) is 4.12. The summed E-state index contributed by atoms with van der Waals surface area (Å²) in [5.74, 6) is 0. The number of nitrogens with zero attached hydrogens (tertiary/aromatic N) is 3. The lowest BCUT2D eigenvalue weighted by molar-refractivity contribution is 0.00796. The van der Waals surface area contributed by atoms with Crippen molar-refractivity contribution in [3.63, 3.8) is 0 Å². The Kier molecular flexibility index (Phi) is 6.82. The van der Waals surface area contributed by atoms with Gasteiger partial charge in [-0.25, -0.2) is 9.64 Å². The first kappa shape index (κ1) is 20.9. The predicted octanol–water partition coefficient (Wildman–Crippen LogP) is 4.29. The molecule has 2 aromatic rings. The number of imidazole rings is 1. The smallest absolute Gasteiger partial charge is 0.326 e. The minimum absolute atomic E-state index is 0. The van der Waals surface area contributed by atoms with Crippen molar-refractivity contribution in [1.82, 2.24) is 14.5 Å². The van der Waals surface area contributed by atoms with Gasteiger partial charge < -0.3 is 14.6 Å². The summed E-state index contributed by atoms with van der Waals surface area (Å²) in [6, 6.07) is 6.31. The molecule has 2 aliphatic rings. The summed E-state index contributed by atoms with van der Waals surface area (Å²) in [5, 5.41) is 0. The molecule has 2 heterocycles. The Hall–Kier alpha value is -1.81. The first-order valence-electron chi connectivity index (χ1n) is 10.2. The lowest BCUT2D eigenvalue weighted by Crippen LogP contribution is -2.45. The highest BCUT2D eigenvalue weighted by atomic mass is 35.5. The van der Waals surface area contributed by atoms with Gasteiger partial charge in [0.1, 0.15) is 0 Å². The van der Waals surface area contributed by atoms with E-state index in [1.165, 1.54) is 25.7 Å². The first-order chi connectivity index (χ1) is 13.2. The van der Waals surface area contributed by atoms with Crippen LogP contribution in [0.25, 0.3) is 15.9 Å². The topological polar surface area (TPSA) is 54.6 Å². The molecule has 1 N–H and O–H groups in total. The Labute approximate surface area is 172 Å². The predicted molar refractivity (Wildman–Crippen MR) is 114 cm³/mol. The van der Waals surface area contributed by atoms with E-state index in [2.05, 4.69) is 21.7 Å². The highest BCUT2D eigenvalue weighted by Gasteiger charge is 2.30. The quantitative estimate of drug-likeness (QED) is 0.773. The normalized spacial score (nSPS) is 24.0. The van der Waals surface area contributed by atoms with Crippen LogP contribution in [0.3, 0.4) is 0 Å². The van der Waals surface area contributed by atoms with Gasteiger partial charge >= 0.3 is 5.69 Å². The number of hydrogen-bond acceptors (Lipinski definition) is 3. The molecular weight excluding hydrogens is 376 g/mol. The van der Waals surface area contributed by atoms with E-state index in [1.807, 2.05) is 16.7 Å². The minimum Gasteiger partial charge on any atom is -0.379 e. The second kappa shape index (κ2) is 9.13. The molecular formula is C21H29ClN4O2. The van der Waals surface area contributed by atoms with E-state index < -0.39 is 0 Å². The summed E-state index contributed by atoms with van der Waals surface area (Å²) >= 11 is 0. The van der Waals surface area contributed by atoms with Crippen molar-refractivity contribution in [2.75, 3.05) is 19.7 Å². The molecule has 1 aromatic heterocycles. The third-order valence-corrected chi connectivity index (χ3v) is 6.26. The molecule has 7 heteroatoms. The van der Waals surface area contributed by atoms with Crippen molar-refractivity contribution in [1.29, 1.82) is 0 Å². The van der Waals surface area contributed by atoms with Crippen LogP contribution >= 0.6 is 12.4 Å². The zero-order valence-electron chi connectivity index (χ0n) is 16.4. The molecule has 0 radical (unpaired) electrons. The molecule has 28 heavy (non-hydrogen) atoms. The van der Waals surface area contributed by atoms with Crippen LogP contribution in [0.2, 0.25) is 0 Å². The van der Waals surface area contributed by atoms with Crippen molar-refractivity contribution >= 4 is 29.1 Å². The first-order valence-corrected chi connectivity index (χ1v) is 10.2. The van der Waals surface area contributed by atoms with Gasteiger partial charge in [-0.1, -0.05) is 6.07 Å². The van der Waals surface area contributed by atoms with E-state index in [9.17, 15) is 4.79 Å². The number of halogens is 1. The van der Waals surface area contributed by atoms with E-state index in [-0.39, 0.29) is 24.1 Å². The fourth-order valence-corrected chi connectivity index (χ4v) is 4.86. The highest BCUT2D eigenvalue weighted by Crippen LogP contribution is 2.31. The van der Waals surface area contributed by atoms with E-state index in [1.54, 1.807) is 6.07 Å². The van der Waals surface area contributed by atoms with Gasteiger partial charge in [-0.3, -0.25) is 4.57 Å². The van der Waals surface area contributed by atoms with Crippen LogP contribution in [-0.4, -0.2) is 46.3 Å². The summed E-state index contributed by atoms with van der Waals surface area (Å²) in [6.07, 6.45) is 7.19. The minimum atomic E-state index is -0.0530. The molecule has 4 rings (SSSR count).